The van der Waals surface area contributed by atoms with Crippen LogP contribution in [0.5, 0.6) is 11.5 Å². The number of hydrogen-bond donors (Lipinski definition) is 1. The second-order valence-corrected chi connectivity index (χ2v) is 6.40. The Labute approximate surface area is 157 Å². The number of methoxy groups -OCH3 is 1. The quantitative estimate of drug-likeness (QED) is 0.618. The highest BCUT2D eigenvalue weighted by Crippen LogP contribution is 2.35. The van der Waals surface area contributed by atoms with Crippen molar-refractivity contribution in [2.24, 2.45) is 0 Å². The van der Waals surface area contributed by atoms with Crippen molar-refractivity contribution in [2.45, 2.75) is 6.61 Å². The van der Waals surface area contributed by atoms with E-state index < -0.39 is 5.97 Å². The van der Waals surface area contributed by atoms with Gasteiger partial charge in [0.2, 0.25) is 0 Å². The maximum Gasteiger partial charge on any atom is 0.328 e. The molecule has 0 atom stereocenters. The van der Waals surface area contributed by atoms with Crippen molar-refractivity contribution in [3.8, 4) is 11.5 Å². The number of carbonyl (C=O) groups is 1. The summed E-state index contributed by atoms with van der Waals surface area (Å²) in [7, 11) is 1.51. The van der Waals surface area contributed by atoms with Crippen LogP contribution in [0.1, 0.15) is 11.1 Å². The van der Waals surface area contributed by atoms with Crippen LogP contribution in [0.15, 0.2) is 40.9 Å². The van der Waals surface area contributed by atoms with Crippen molar-refractivity contribution in [1.29, 1.82) is 0 Å². The first-order valence-electron chi connectivity index (χ1n) is 6.76. The molecule has 1 N–H and O–H groups in total. The number of ether oxygens (including phenoxy) is 2. The van der Waals surface area contributed by atoms with Gasteiger partial charge in [-0.15, -0.1) is 0 Å². The predicted molar refractivity (Wildman–Crippen MR) is 98.2 cm³/mol. The van der Waals surface area contributed by atoms with Gasteiger partial charge in [0, 0.05) is 10.5 Å². The molecule has 0 saturated heterocycles. The number of benzene rings is 2. The molecule has 2 aromatic carbocycles. The number of carboxylic acid groups (broad SMARTS) is 1. The zero-order valence-corrected chi connectivity index (χ0v) is 15.7. The smallest absolute Gasteiger partial charge is 0.328 e. The monoisotopic (exact) mass is 430 g/mol. The van der Waals surface area contributed by atoms with Crippen LogP contribution < -0.4 is 9.47 Å². The molecular formula is C17H13BrCl2O4. The van der Waals surface area contributed by atoms with E-state index in [9.17, 15) is 4.79 Å². The van der Waals surface area contributed by atoms with Gasteiger partial charge in [0.15, 0.2) is 11.5 Å². The Morgan fingerprint density at radius 2 is 1.96 bits per heavy atom. The van der Waals surface area contributed by atoms with Crippen LogP contribution in [0.25, 0.3) is 6.08 Å². The summed E-state index contributed by atoms with van der Waals surface area (Å²) in [5.74, 6) is -0.0213. The van der Waals surface area contributed by atoms with E-state index in [0.29, 0.717) is 31.6 Å². The fourth-order valence-electron chi connectivity index (χ4n) is 1.90. The van der Waals surface area contributed by atoms with Crippen LogP contribution in [-0.2, 0) is 11.4 Å². The van der Waals surface area contributed by atoms with Crippen LogP contribution >= 0.6 is 39.1 Å². The molecule has 0 spiro atoms. The van der Waals surface area contributed by atoms with Gasteiger partial charge in [-0.2, -0.15) is 0 Å². The lowest BCUT2D eigenvalue weighted by Gasteiger charge is -2.13. The topological polar surface area (TPSA) is 55.8 Å². The van der Waals surface area contributed by atoms with Crippen LogP contribution in [0, 0.1) is 0 Å². The average molecular weight is 432 g/mol. The maximum absolute atomic E-state index is 10.6. The normalized spacial score (nSPS) is 10.8. The third kappa shape index (κ3) is 4.90. The van der Waals surface area contributed by atoms with Gasteiger partial charge < -0.3 is 14.6 Å². The van der Waals surface area contributed by atoms with Crippen molar-refractivity contribution in [3.05, 3.63) is 62.1 Å². The molecule has 0 unspecified atom stereocenters. The summed E-state index contributed by atoms with van der Waals surface area (Å²) in [5.41, 5.74) is 1.52. The van der Waals surface area contributed by atoms with E-state index in [-0.39, 0.29) is 6.61 Å². The van der Waals surface area contributed by atoms with Crippen molar-refractivity contribution >= 4 is 51.2 Å². The van der Waals surface area contributed by atoms with Crippen LogP contribution in [0.3, 0.4) is 0 Å². The van der Waals surface area contributed by atoms with Crippen LogP contribution in [0.2, 0.25) is 10.0 Å². The number of aliphatic carboxylic acids is 1. The maximum atomic E-state index is 10.6. The molecule has 126 valence electrons. The van der Waals surface area contributed by atoms with Gasteiger partial charge in [-0.1, -0.05) is 45.2 Å². The SMILES string of the molecule is COc1cc(/C=C/C(=O)O)c(Br)cc1OCc1ccc(Cl)c(Cl)c1. The lowest BCUT2D eigenvalue weighted by Crippen LogP contribution is -1.98. The molecule has 0 fully saturated rings. The highest BCUT2D eigenvalue weighted by Gasteiger charge is 2.10. The first-order valence-corrected chi connectivity index (χ1v) is 8.31. The average Bonchev–Trinajstić information content (AvgIpc) is 2.54. The summed E-state index contributed by atoms with van der Waals surface area (Å²) < 4.78 is 11.8. The Kier molecular flexibility index (Phi) is 6.54. The molecule has 0 aliphatic carbocycles. The van der Waals surface area contributed by atoms with Gasteiger partial charge in [0.1, 0.15) is 6.61 Å². The van der Waals surface area contributed by atoms with Gasteiger partial charge >= 0.3 is 5.97 Å². The molecule has 0 heterocycles. The standard InChI is InChI=1S/C17H13BrCl2O4/c1-23-15-7-11(3-5-17(21)22)12(18)8-16(15)24-9-10-2-4-13(19)14(20)6-10/h2-8H,9H2,1H3,(H,21,22)/b5-3+. The third-order valence-corrected chi connectivity index (χ3v) is 4.49. The zero-order valence-electron chi connectivity index (χ0n) is 12.6. The Morgan fingerprint density at radius 3 is 2.58 bits per heavy atom. The number of halogens is 3. The summed E-state index contributed by atoms with van der Waals surface area (Å²) in [5, 5.41) is 9.66. The Balaban J connectivity index is 2.21. The lowest BCUT2D eigenvalue weighted by atomic mass is 10.2. The summed E-state index contributed by atoms with van der Waals surface area (Å²) >= 11 is 15.3. The fraction of sp³-hybridized carbons (Fsp3) is 0.118. The van der Waals surface area contributed by atoms with E-state index in [0.717, 1.165) is 11.6 Å². The molecule has 24 heavy (non-hydrogen) atoms. The van der Waals surface area contributed by atoms with Crippen molar-refractivity contribution in [2.75, 3.05) is 7.11 Å². The molecule has 0 aromatic heterocycles. The summed E-state index contributed by atoms with van der Waals surface area (Å²) in [6.07, 6.45) is 2.52. The minimum atomic E-state index is -1.03. The van der Waals surface area contributed by atoms with E-state index in [1.54, 1.807) is 24.3 Å². The Morgan fingerprint density at radius 1 is 1.21 bits per heavy atom. The Bertz CT molecular complexity index is 790. The highest BCUT2D eigenvalue weighted by molar-refractivity contribution is 9.10. The second kappa shape index (κ2) is 8.42. The molecule has 4 nitrogen and oxygen atoms in total. The van der Waals surface area contributed by atoms with Crippen LogP contribution in [0.4, 0.5) is 0 Å². The molecule has 7 heteroatoms. The summed E-state index contributed by atoms with van der Waals surface area (Å²) in [6, 6.07) is 8.66. The number of hydrogen-bond acceptors (Lipinski definition) is 3. The predicted octanol–water partition coefficient (Wildman–Crippen LogP) is 5.44. The Hall–Kier alpha value is -1.69. The van der Waals surface area contributed by atoms with Gasteiger partial charge in [0.25, 0.3) is 0 Å². The summed E-state index contributed by atoms with van der Waals surface area (Å²) in [4.78, 5) is 10.6. The largest absolute Gasteiger partial charge is 0.493 e. The van der Waals surface area contributed by atoms with Crippen molar-refractivity contribution < 1.29 is 19.4 Å². The van der Waals surface area contributed by atoms with E-state index in [4.69, 9.17) is 37.8 Å². The van der Waals surface area contributed by atoms with E-state index in [1.807, 2.05) is 6.07 Å². The molecule has 2 rings (SSSR count). The molecule has 0 amide bonds. The molecule has 0 bridgehead atoms. The van der Waals surface area contributed by atoms with E-state index in [1.165, 1.54) is 13.2 Å². The molecule has 2 aromatic rings. The minimum Gasteiger partial charge on any atom is -0.493 e. The second-order valence-electron chi connectivity index (χ2n) is 4.73. The molecular weight excluding hydrogens is 419 g/mol. The van der Waals surface area contributed by atoms with E-state index in [2.05, 4.69) is 15.9 Å². The number of rotatable bonds is 6. The third-order valence-electron chi connectivity index (χ3n) is 3.07. The zero-order chi connectivity index (χ0) is 17.7. The lowest BCUT2D eigenvalue weighted by molar-refractivity contribution is -0.131. The molecule has 0 radical (unpaired) electrons. The first kappa shape index (κ1) is 18.6. The summed E-state index contributed by atoms with van der Waals surface area (Å²) in [6.45, 7) is 0.282. The molecule has 0 saturated carbocycles. The van der Waals surface area contributed by atoms with Crippen LogP contribution in [-0.4, -0.2) is 18.2 Å². The van der Waals surface area contributed by atoms with Gasteiger partial charge in [-0.05, 0) is 41.5 Å². The van der Waals surface area contributed by atoms with Crippen molar-refractivity contribution in [3.63, 3.8) is 0 Å². The highest BCUT2D eigenvalue weighted by atomic mass is 79.9. The molecule has 0 aliphatic heterocycles. The van der Waals surface area contributed by atoms with Gasteiger partial charge in [-0.25, -0.2) is 4.79 Å². The van der Waals surface area contributed by atoms with Gasteiger partial charge in [0.05, 0.1) is 17.2 Å². The fourth-order valence-corrected chi connectivity index (χ4v) is 2.68. The van der Waals surface area contributed by atoms with Gasteiger partial charge in [-0.3, -0.25) is 0 Å². The van der Waals surface area contributed by atoms with Crippen molar-refractivity contribution in [1.82, 2.24) is 0 Å². The number of carboxylic acids is 1. The minimum absolute atomic E-state index is 0.282. The van der Waals surface area contributed by atoms with E-state index >= 15 is 0 Å². The molecule has 0 aliphatic rings. The first-order chi connectivity index (χ1) is 11.4.